The third-order valence-electron chi connectivity index (χ3n) is 0.391. The number of hydrogen-bond donors (Lipinski definition) is 2. The van der Waals surface area contributed by atoms with Crippen molar-refractivity contribution in [3.05, 3.63) is 0 Å². The molecular formula is C3H5F3N2O. The van der Waals surface area contributed by atoms with Gasteiger partial charge in [-0.15, -0.1) is 0 Å². The van der Waals surface area contributed by atoms with Gasteiger partial charge in [-0.2, -0.15) is 13.2 Å². The van der Waals surface area contributed by atoms with E-state index in [0.29, 0.717) is 0 Å². The summed E-state index contributed by atoms with van der Waals surface area (Å²) in [5, 5.41) is 6.23. The van der Waals surface area contributed by atoms with E-state index in [0.717, 1.165) is 0 Å². The van der Waals surface area contributed by atoms with E-state index in [2.05, 4.69) is 10.5 Å². The number of nitrogens with two attached hydrogens (primary N) is 1. The van der Waals surface area contributed by atoms with E-state index in [-0.39, 0.29) is 0 Å². The highest BCUT2D eigenvalue weighted by molar-refractivity contribution is 5.67. The number of nitrogens with one attached hydrogen (secondary N) is 1. The van der Waals surface area contributed by atoms with Crippen LogP contribution in [0, 0.1) is 5.41 Å². The van der Waals surface area contributed by atoms with Gasteiger partial charge in [-0.3, -0.25) is 5.41 Å². The summed E-state index contributed by atoms with van der Waals surface area (Å²) in [6.07, 6.45) is -4.41. The normalized spacial score (nSPS) is 11.0. The van der Waals surface area contributed by atoms with E-state index in [4.69, 9.17) is 5.41 Å². The Bertz CT molecular complexity index is 110. The van der Waals surface area contributed by atoms with Crippen molar-refractivity contribution < 1.29 is 17.9 Å². The predicted molar refractivity (Wildman–Crippen MR) is 23.9 cm³/mol. The predicted octanol–water partition coefficient (Wildman–Crippen LogP) is 0.459. The first-order valence-corrected chi connectivity index (χ1v) is 1.95. The van der Waals surface area contributed by atoms with Gasteiger partial charge in [0.2, 0.25) is 0 Å². The minimum Gasteiger partial charge on any atom is -0.456 e. The van der Waals surface area contributed by atoms with Crippen LogP contribution in [-0.2, 0) is 4.74 Å². The molecule has 0 aromatic heterocycles. The summed E-state index contributed by atoms with van der Waals surface area (Å²) >= 11 is 0. The summed E-state index contributed by atoms with van der Waals surface area (Å²) in [5.74, 6) is 0. The smallest absolute Gasteiger partial charge is 0.422 e. The lowest BCUT2D eigenvalue weighted by molar-refractivity contribution is -0.156. The second-order valence-electron chi connectivity index (χ2n) is 1.27. The molecule has 9 heavy (non-hydrogen) atoms. The Hall–Kier alpha value is -0.940. The number of halogens is 3. The quantitative estimate of drug-likeness (QED) is 0.412. The molecule has 0 rings (SSSR count). The maximum absolute atomic E-state index is 11.1. The number of hydrogen-bond acceptors (Lipinski definition) is 2. The lowest BCUT2D eigenvalue weighted by Gasteiger charge is -2.05. The van der Waals surface area contributed by atoms with Crippen molar-refractivity contribution in [2.75, 3.05) is 6.61 Å². The maximum atomic E-state index is 11.1. The van der Waals surface area contributed by atoms with Crippen LogP contribution in [0.1, 0.15) is 0 Å². The van der Waals surface area contributed by atoms with Gasteiger partial charge in [0, 0.05) is 0 Å². The van der Waals surface area contributed by atoms with Crippen molar-refractivity contribution in [3.63, 3.8) is 0 Å². The van der Waals surface area contributed by atoms with Gasteiger partial charge in [0.1, 0.15) is 0 Å². The molecule has 0 unspecified atom stereocenters. The minimum absolute atomic E-state index is 0.924. The highest BCUT2D eigenvalue weighted by Gasteiger charge is 2.28. The van der Waals surface area contributed by atoms with Gasteiger partial charge in [0.25, 0.3) is 6.02 Å². The van der Waals surface area contributed by atoms with Crippen molar-refractivity contribution in [3.8, 4) is 0 Å². The van der Waals surface area contributed by atoms with Crippen LogP contribution in [0.15, 0.2) is 0 Å². The van der Waals surface area contributed by atoms with E-state index < -0.39 is 18.8 Å². The first kappa shape index (κ1) is 8.06. The van der Waals surface area contributed by atoms with E-state index in [9.17, 15) is 13.2 Å². The molecule has 0 bridgehead atoms. The molecule has 0 heterocycles. The number of rotatable bonds is 1. The van der Waals surface area contributed by atoms with Crippen molar-refractivity contribution >= 4 is 6.02 Å². The van der Waals surface area contributed by atoms with E-state index >= 15 is 0 Å². The van der Waals surface area contributed by atoms with Gasteiger partial charge in [-0.05, 0) is 0 Å². The Morgan fingerprint density at radius 1 is 1.56 bits per heavy atom. The third-order valence-corrected chi connectivity index (χ3v) is 0.391. The number of amidine groups is 1. The molecule has 3 nitrogen and oxygen atoms in total. The lowest BCUT2D eigenvalue weighted by atomic mass is 10.7. The molecular weight excluding hydrogens is 137 g/mol. The molecule has 0 fully saturated rings. The summed E-state index contributed by atoms with van der Waals surface area (Å²) < 4.78 is 37.1. The fourth-order valence-corrected chi connectivity index (χ4v) is 0.160. The molecule has 0 spiro atoms. The lowest BCUT2D eigenvalue weighted by Crippen LogP contribution is -2.24. The molecule has 0 aliphatic heterocycles. The average molecular weight is 142 g/mol. The molecule has 0 aliphatic rings. The van der Waals surface area contributed by atoms with Crippen molar-refractivity contribution in [2.24, 2.45) is 5.73 Å². The van der Waals surface area contributed by atoms with Crippen molar-refractivity contribution in [1.82, 2.24) is 0 Å². The molecule has 6 heteroatoms. The molecule has 0 amide bonds. The summed E-state index contributed by atoms with van der Waals surface area (Å²) in [7, 11) is 0. The number of alkyl halides is 3. The molecule has 0 aromatic carbocycles. The van der Waals surface area contributed by atoms with Crippen LogP contribution >= 0.6 is 0 Å². The summed E-state index contributed by atoms with van der Waals surface area (Å²) in [6.45, 7) is -1.50. The van der Waals surface area contributed by atoms with E-state index in [1.54, 1.807) is 0 Å². The fraction of sp³-hybridized carbons (Fsp3) is 0.667. The Balaban J connectivity index is 3.39. The Labute approximate surface area is 49.1 Å². The zero-order valence-corrected chi connectivity index (χ0v) is 4.33. The van der Waals surface area contributed by atoms with Crippen LogP contribution in [-0.4, -0.2) is 18.8 Å². The standard InChI is InChI=1S/C3H5F3N2O/c4-3(5,6)1-9-2(7)8/h1H2,(H3,7,8). The summed E-state index contributed by atoms with van der Waals surface area (Å²) in [6, 6.07) is -0.924. The van der Waals surface area contributed by atoms with E-state index in [1.165, 1.54) is 0 Å². The van der Waals surface area contributed by atoms with Crippen LogP contribution in [0.2, 0.25) is 0 Å². The van der Waals surface area contributed by atoms with Crippen LogP contribution in [0.3, 0.4) is 0 Å². The molecule has 3 N–H and O–H groups in total. The second-order valence-corrected chi connectivity index (χ2v) is 1.27. The second kappa shape index (κ2) is 2.56. The van der Waals surface area contributed by atoms with Gasteiger partial charge in [0.15, 0.2) is 6.61 Å². The topological polar surface area (TPSA) is 59.1 Å². The summed E-state index contributed by atoms with van der Waals surface area (Å²) in [4.78, 5) is 0. The van der Waals surface area contributed by atoms with Gasteiger partial charge >= 0.3 is 6.18 Å². The first-order chi connectivity index (χ1) is 3.92. The first-order valence-electron chi connectivity index (χ1n) is 1.95. The fourth-order valence-electron chi connectivity index (χ4n) is 0.160. The number of ether oxygens (including phenoxy) is 1. The van der Waals surface area contributed by atoms with Crippen LogP contribution in [0.4, 0.5) is 13.2 Å². The van der Waals surface area contributed by atoms with Crippen LogP contribution in [0.25, 0.3) is 0 Å². The molecule has 0 atom stereocenters. The van der Waals surface area contributed by atoms with Gasteiger partial charge in [0.05, 0.1) is 0 Å². The molecule has 0 aliphatic carbocycles. The highest BCUT2D eigenvalue weighted by Crippen LogP contribution is 2.13. The maximum Gasteiger partial charge on any atom is 0.422 e. The molecule has 54 valence electrons. The SMILES string of the molecule is N=C(N)OCC(F)(F)F. The van der Waals surface area contributed by atoms with Gasteiger partial charge in [-0.25, -0.2) is 0 Å². The largest absolute Gasteiger partial charge is 0.456 e. The average Bonchev–Trinajstić information content (AvgIpc) is 1.59. The molecule has 0 radical (unpaired) electrons. The van der Waals surface area contributed by atoms with Gasteiger partial charge < -0.3 is 10.5 Å². The highest BCUT2D eigenvalue weighted by atomic mass is 19.4. The monoisotopic (exact) mass is 142 g/mol. The van der Waals surface area contributed by atoms with Crippen molar-refractivity contribution in [1.29, 1.82) is 5.41 Å². The Morgan fingerprint density at radius 2 is 2.00 bits per heavy atom. The molecule has 0 aromatic rings. The van der Waals surface area contributed by atoms with E-state index in [1.807, 2.05) is 0 Å². The Kier molecular flexibility index (Phi) is 2.29. The van der Waals surface area contributed by atoms with Gasteiger partial charge in [-0.1, -0.05) is 0 Å². The summed E-state index contributed by atoms with van der Waals surface area (Å²) in [5.41, 5.74) is 4.46. The van der Waals surface area contributed by atoms with Crippen LogP contribution < -0.4 is 5.73 Å². The van der Waals surface area contributed by atoms with Crippen molar-refractivity contribution in [2.45, 2.75) is 6.18 Å². The molecule has 0 saturated heterocycles. The zero-order chi connectivity index (χ0) is 7.49. The Morgan fingerprint density at radius 3 is 2.11 bits per heavy atom. The molecule has 0 saturated carbocycles. The third kappa shape index (κ3) is 7.06. The minimum atomic E-state index is -4.41. The zero-order valence-electron chi connectivity index (χ0n) is 4.33. The van der Waals surface area contributed by atoms with Crippen LogP contribution in [0.5, 0.6) is 0 Å².